The van der Waals surface area contributed by atoms with Gasteiger partial charge in [-0.3, -0.25) is 23.5 Å². The number of halogens is 2. The summed E-state index contributed by atoms with van der Waals surface area (Å²) in [5.74, 6) is -4.89. The molecule has 0 bridgehead atoms. The Morgan fingerprint density at radius 1 is 1.03 bits per heavy atom. The molecule has 1 aliphatic rings. The van der Waals surface area contributed by atoms with Crippen molar-refractivity contribution in [1.82, 2.24) is 9.13 Å². The zero-order valence-electron chi connectivity index (χ0n) is 18.3. The van der Waals surface area contributed by atoms with Crippen LogP contribution in [0, 0.1) is 0 Å². The molecular weight excluding hydrogens is 442 g/mol. The Balaban J connectivity index is 2.03. The molecule has 33 heavy (non-hydrogen) atoms. The van der Waals surface area contributed by atoms with Gasteiger partial charge in [0.2, 0.25) is 0 Å². The molecule has 0 radical (unpaired) electrons. The summed E-state index contributed by atoms with van der Waals surface area (Å²) in [7, 11) is 0. The molecule has 1 aliphatic heterocycles. The molecule has 11 heteroatoms. The molecule has 0 spiro atoms. The van der Waals surface area contributed by atoms with Gasteiger partial charge in [0.15, 0.2) is 18.4 Å². The lowest BCUT2D eigenvalue weighted by Gasteiger charge is -2.24. The quantitative estimate of drug-likeness (QED) is 0.575. The number of alkyl halides is 2. The van der Waals surface area contributed by atoms with Crippen molar-refractivity contribution in [2.24, 2.45) is 0 Å². The average molecular weight is 466 g/mol. The molecule has 1 aromatic heterocycles. The number of carbonyl (C=O) groups excluding carboxylic acids is 2. The molecule has 178 valence electrons. The molecule has 3 unspecified atom stereocenters. The van der Waals surface area contributed by atoms with Crippen molar-refractivity contribution < 1.29 is 32.6 Å². The third kappa shape index (κ3) is 5.19. The second kappa shape index (κ2) is 9.65. The Hall–Kier alpha value is -3.34. The number of ether oxygens (including phenoxy) is 3. The first-order valence-electron chi connectivity index (χ1n) is 10.3. The van der Waals surface area contributed by atoms with Crippen molar-refractivity contribution in [1.29, 1.82) is 0 Å². The van der Waals surface area contributed by atoms with E-state index in [2.05, 4.69) is 0 Å². The Morgan fingerprint density at radius 2 is 1.64 bits per heavy atom. The van der Waals surface area contributed by atoms with E-state index < -0.39 is 60.2 Å². The lowest BCUT2D eigenvalue weighted by atomic mass is 10.1. The van der Waals surface area contributed by atoms with Crippen LogP contribution in [0.25, 0.3) is 0 Å². The van der Waals surface area contributed by atoms with Crippen LogP contribution in [0.15, 0.2) is 52.2 Å². The van der Waals surface area contributed by atoms with Crippen LogP contribution in [-0.4, -0.2) is 39.4 Å². The number of rotatable bonds is 7. The number of hydrogen-bond donors (Lipinski definition) is 0. The van der Waals surface area contributed by atoms with E-state index in [-0.39, 0.29) is 5.56 Å². The van der Waals surface area contributed by atoms with Gasteiger partial charge < -0.3 is 14.2 Å². The van der Waals surface area contributed by atoms with E-state index in [0.29, 0.717) is 11.0 Å². The Morgan fingerprint density at radius 3 is 2.21 bits per heavy atom. The van der Waals surface area contributed by atoms with E-state index in [1.165, 1.54) is 31.2 Å². The number of carbonyl (C=O) groups is 2. The number of nitrogens with zero attached hydrogens (tertiary/aromatic N) is 2. The summed E-state index contributed by atoms with van der Waals surface area (Å²) in [6.07, 6.45) is -2.87. The first kappa shape index (κ1) is 24.3. The second-order valence-corrected chi connectivity index (χ2v) is 7.62. The Bertz CT molecular complexity index is 1130. The molecule has 1 fully saturated rings. The summed E-state index contributed by atoms with van der Waals surface area (Å²) in [5, 5.41) is 0. The van der Waals surface area contributed by atoms with Crippen LogP contribution in [0.5, 0.6) is 0 Å². The normalized spacial score (nSPS) is 22.7. The van der Waals surface area contributed by atoms with E-state index in [0.717, 1.165) is 23.8 Å². The molecule has 0 amide bonds. The molecule has 0 N–H and O–H groups in total. The van der Waals surface area contributed by atoms with Crippen molar-refractivity contribution in [2.45, 2.75) is 64.2 Å². The minimum atomic E-state index is -3.51. The summed E-state index contributed by atoms with van der Waals surface area (Å²) < 4.78 is 47.3. The third-order valence-electron chi connectivity index (χ3n) is 5.21. The van der Waals surface area contributed by atoms with Crippen LogP contribution in [0.4, 0.5) is 8.78 Å². The molecule has 0 saturated carbocycles. The molecule has 3 rings (SSSR count). The van der Waals surface area contributed by atoms with E-state index in [1.54, 1.807) is 13.0 Å². The molecule has 1 saturated heterocycles. The Kier molecular flexibility index (Phi) is 7.11. The van der Waals surface area contributed by atoms with Gasteiger partial charge >= 0.3 is 17.6 Å². The van der Waals surface area contributed by atoms with Gasteiger partial charge in [-0.25, -0.2) is 4.79 Å². The fraction of sp³-hybridized carbons (Fsp3) is 0.455. The van der Waals surface area contributed by atoms with Gasteiger partial charge in [0.05, 0.1) is 6.54 Å². The average Bonchev–Trinajstić information content (AvgIpc) is 3.07. The zero-order valence-corrected chi connectivity index (χ0v) is 18.3. The third-order valence-corrected chi connectivity index (χ3v) is 5.21. The van der Waals surface area contributed by atoms with Crippen molar-refractivity contribution in [2.75, 3.05) is 0 Å². The first-order chi connectivity index (χ1) is 15.5. The maximum atomic E-state index is 14.8. The van der Waals surface area contributed by atoms with Gasteiger partial charge in [-0.05, 0) is 6.42 Å². The monoisotopic (exact) mass is 466 g/mol. The van der Waals surface area contributed by atoms with E-state index in [9.17, 15) is 28.0 Å². The molecule has 1 aromatic carbocycles. The fourth-order valence-corrected chi connectivity index (χ4v) is 3.75. The minimum absolute atomic E-state index is 0.340. The number of aromatic nitrogens is 2. The number of hydrogen-bond acceptors (Lipinski definition) is 7. The molecular formula is C22H24F2N2O7. The van der Waals surface area contributed by atoms with Gasteiger partial charge in [0.1, 0.15) is 6.10 Å². The van der Waals surface area contributed by atoms with Gasteiger partial charge in [0, 0.05) is 31.7 Å². The molecule has 9 nitrogen and oxygen atoms in total. The van der Waals surface area contributed by atoms with Gasteiger partial charge in [0.25, 0.3) is 11.5 Å². The SMILES string of the molecule is CCC1OC(n2ccc(=O)n(CC(F)(F)c3ccccc3)c2=O)C(OC(C)=O)[C@H]1OC(C)=O. The fourth-order valence-electron chi connectivity index (χ4n) is 3.75. The molecule has 4 atom stereocenters. The molecule has 0 aliphatic carbocycles. The van der Waals surface area contributed by atoms with Crippen LogP contribution >= 0.6 is 0 Å². The number of benzene rings is 1. The lowest BCUT2D eigenvalue weighted by Crippen LogP contribution is -2.46. The Labute approximate surface area is 187 Å². The van der Waals surface area contributed by atoms with Gasteiger partial charge in [-0.1, -0.05) is 37.3 Å². The van der Waals surface area contributed by atoms with E-state index >= 15 is 0 Å². The predicted octanol–water partition coefficient (Wildman–Crippen LogP) is 1.97. The van der Waals surface area contributed by atoms with Crippen LogP contribution in [0.3, 0.4) is 0 Å². The number of esters is 2. The smallest absolute Gasteiger partial charge is 0.333 e. The molecule has 2 aromatic rings. The predicted molar refractivity (Wildman–Crippen MR) is 111 cm³/mol. The standard InChI is InChI=1S/C22H24F2N2O7/c1-4-16-18(31-13(2)27)19(32-14(3)28)20(33-16)25-11-10-17(29)26(21(25)30)12-22(23,24)15-8-6-5-7-9-15/h5-11,16,18-20H,4,12H2,1-3H3/t16?,18-,19?,20?/m0/s1. The summed E-state index contributed by atoms with van der Waals surface area (Å²) in [4.78, 5) is 48.7. The van der Waals surface area contributed by atoms with Gasteiger partial charge in [-0.2, -0.15) is 8.78 Å². The first-order valence-corrected chi connectivity index (χ1v) is 10.3. The van der Waals surface area contributed by atoms with E-state index in [4.69, 9.17) is 14.2 Å². The highest BCUT2D eigenvalue weighted by Crippen LogP contribution is 2.35. The van der Waals surface area contributed by atoms with Crippen molar-refractivity contribution >= 4 is 11.9 Å². The minimum Gasteiger partial charge on any atom is -0.456 e. The van der Waals surface area contributed by atoms with Crippen LogP contribution in [-0.2, 0) is 36.3 Å². The van der Waals surface area contributed by atoms with E-state index in [1.807, 2.05) is 0 Å². The van der Waals surface area contributed by atoms with Crippen molar-refractivity contribution in [3.63, 3.8) is 0 Å². The summed E-state index contributed by atoms with van der Waals surface area (Å²) >= 11 is 0. The van der Waals surface area contributed by atoms with Crippen LogP contribution in [0.2, 0.25) is 0 Å². The maximum Gasteiger partial charge on any atom is 0.333 e. The summed E-state index contributed by atoms with van der Waals surface area (Å²) in [5.41, 5.74) is -2.38. The zero-order chi connectivity index (χ0) is 24.3. The van der Waals surface area contributed by atoms with Gasteiger partial charge in [-0.15, -0.1) is 0 Å². The lowest BCUT2D eigenvalue weighted by molar-refractivity contribution is -0.165. The molecule has 2 heterocycles. The highest BCUT2D eigenvalue weighted by Gasteiger charge is 2.49. The van der Waals surface area contributed by atoms with Crippen LogP contribution < -0.4 is 11.2 Å². The highest BCUT2D eigenvalue weighted by molar-refractivity contribution is 5.67. The second-order valence-electron chi connectivity index (χ2n) is 7.62. The largest absolute Gasteiger partial charge is 0.456 e. The summed E-state index contributed by atoms with van der Waals surface area (Å²) in [6, 6.07) is 7.74. The maximum absolute atomic E-state index is 14.8. The van der Waals surface area contributed by atoms with Crippen molar-refractivity contribution in [3.8, 4) is 0 Å². The van der Waals surface area contributed by atoms with Crippen LogP contribution in [0.1, 0.15) is 39.0 Å². The summed E-state index contributed by atoms with van der Waals surface area (Å²) in [6.45, 7) is 2.83. The highest BCUT2D eigenvalue weighted by atomic mass is 19.3. The topological polar surface area (TPSA) is 106 Å². The van der Waals surface area contributed by atoms with Crippen molar-refractivity contribution in [3.05, 3.63) is 69.0 Å².